The van der Waals surface area contributed by atoms with E-state index in [1.54, 1.807) is 0 Å². The predicted molar refractivity (Wildman–Crippen MR) is 207 cm³/mol. The van der Waals surface area contributed by atoms with E-state index < -0.39 is 0 Å². The molecule has 10 rings (SSSR count). The smallest absolute Gasteiger partial charge is 0.161 e. The Bertz CT molecular complexity index is 2870. The number of nitrogens with zero attached hydrogens (tertiary/aromatic N) is 3. The van der Waals surface area contributed by atoms with Crippen LogP contribution in [0.1, 0.15) is 0 Å². The van der Waals surface area contributed by atoms with Gasteiger partial charge in [0.05, 0.1) is 17.1 Å². The number of para-hydroxylation sites is 1. The van der Waals surface area contributed by atoms with E-state index in [-0.39, 0.29) is 0 Å². The number of pyridine rings is 1. The van der Waals surface area contributed by atoms with Crippen LogP contribution in [0.4, 0.5) is 0 Å². The van der Waals surface area contributed by atoms with Gasteiger partial charge in [0.2, 0.25) is 0 Å². The maximum Gasteiger partial charge on any atom is 0.161 e. The second-order valence-corrected chi connectivity index (χ2v) is 13.4. The second-order valence-electron chi connectivity index (χ2n) is 12.3. The number of benzene rings is 6. The lowest BCUT2D eigenvalue weighted by atomic mass is 9.94. The molecule has 0 fully saturated rings. The lowest BCUT2D eigenvalue weighted by Crippen LogP contribution is -1.98. The zero-order chi connectivity index (χ0) is 33.0. The third kappa shape index (κ3) is 4.63. The SMILES string of the molecule is c1ccc(-c2cc(-c3ccccc3-c3ccccn3)nc(-c3ccc(-c4cccc5sc6ccccc6c45)c4oc5ccccc5c34)n2)cc1. The first-order chi connectivity index (χ1) is 24.8. The first-order valence-electron chi connectivity index (χ1n) is 16.6. The van der Waals surface area contributed by atoms with E-state index in [0.717, 1.165) is 72.4 Å². The first kappa shape index (κ1) is 28.6. The molecule has 6 aromatic carbocycles. The van der Waals surface area contributed by atoms with Crippen molar-refractivity contribution in [2.45, 2.75) is 0 Å². The second kappa shape index (κ2) is 11.6. The fraction of sp³-hybridized carbons (Fsp3) is 0. The van der Waals surface area contributed by atoms with Crippen molar-refractivity contribution in [3.8, 4) is 56.3 Å². The Labute approximate surface area is 292 Å². The van der Waals surface area contributed by atoms with E-state index in [1.165, 1.54) is 20.2 Å². The molecule has 0 atom stereocenters. The number of thiophene rings is 1. The van der Waals surface area contributed by atoms with Crippen LogP contribution in [0.3, 0.4) is 0 Å². The fourth-order valence-electron chi connectivity index (χ4n) is 7.14. The van der Waals surface area contributed by atoms with Crippen LogP contribution in [0.25, 0.3) is 98.4 Å². The average Bonchev–Trinajstić information content (AvgIpc) is 3.77. The number of furan rings is 1. The van der Waals surface area contributed by atoms with Gasteiger partial charge in [0.1, 0.15) is 11.2 Å². The Kier molecular flexibility index (Phi) is 6.64. The summed E-state index contributed by atoms with van der Waals surface area (Å²) in [5.74, 6) is 0.638. The molecule has 50 heavy (non-hydrogen) atoms. The predicted octanol–water partition coefficient (Wildman–Crippen LogP) is 12.5. The summed E-state index contributed by atoms with van der Waals surface area (Å²) < 4.78 is 9.32. The largest absolute Gasteiger partial charge is 0.455 e. The number of hydrogen-bond acceptors (Lipinski definition) is 5. The molecule has 0 saturated carbocycles. The van der Waals surface area contributed by atoms with Crippen molar-refractivity contribution in [1.29, 1.82) is 0 Å². The van der Waals surface area contributed by atoms with Crippen molar-refractivity contribution in [1.82, 2.24) is 15.0 Å². The van der Waals surface area contributed by atoms with Crippen LogP contribution in [-0.2, 0) is 0 Å². The molecule has 0 bridgehead atoms. The molecular weight excluding hydrogens is 631 g/mol. The number of hydrogen-bond donors (Lipinski definition) is 0. The summed E-state index contributed by atoms with van der Waals surface area (Å²) in [6.45, 7) is 0. The van der Waals surface area contributed by atoms with E-state index in [2.05, 4.69) is 108 Å². The van der Waals surface area contributed by atoms with Gasteiger partial charge in [-0.25, -0.2) is 9.97 Å². The fourth-order valence-corrected chi connectivity index (χ4v) is 8.27. The third-order valence-corrected chi connectivity index (χ3v) is 10.5. The quantitative estimate of drug-likeness (QED) is 0.185. The standard InChI is InChI=1S/C45H27N3OS/c1-2-13-28(14-3-1)37-27-38(30-16-5-4-15-29(30)36-20-10-11-26-46-36)48-45(47-37)35-25-24-32(44-43(35)33-17-6-8-21-39(33)49-44)31-19-12-23-41-42(31)34-18-7-9-22-40(34)50-41/h1-27H. The molecule has 4 aromatic heterocycles. The van der Waals surface area contributed by atoms with Crippen molar-refractivity contribution in [3.63, 3.8) is 0 Å². The van der Waals surface area contributed by atoms with Crippen molar-refractivity contribution >= 4 is 53.4 Å². The van der Waals surface area contributed by atoms with Crippen LogP contribution in [0.15, 0.2) is 168 Å². The normalized spacial score (nSPS) is 11.6. The summed E-state index contributed by atoms with van der Waals surface area (Å²) in [7, 11) is 0. The lowest BCUT2D eigenvalue weighted by molar-refractivity contribution is 0.670. The van der Waals surface area contributed by atoms with E-state index in [0.29, 0.717) is 5.82 Å². The van der Waals surface area contributed by atoms with Crippen molar-refractivity contribution in [2.24, 2.45) is 0 Å². The summed E-state index contributed by atoms with van der Waals surface area (Å²) in [6, 6.07) is 54.5. The zero-order valence-corrected chi connectivity index (χ0v) is 27.6. The maximum atomic E-state index is 6.78. The van der Waals surface area contributed by atoms with Crippen LogP contribution in [0.2, 0.25) is 0 Å². The molecule has 0 saturated heterocycles. The minimum Gasteiger partial charge on any atom is -0.455 e. The zero-order valence-electron chi connectivity index (χ0n) is 26.7. The van der Waals surface area contributed by atoms with Gasteiger partial charge < -0.3 is 4.42 Å². The minimum atomic E-state index is 0.638. The van der Waals surface area contributed by atoms with Crippen LogP contribution in [0.5, 0.6) is 0 Å². The summed E-state index contributed by atoms with van der Waals surface area (Å²) in [5, 5.41) is 4.54. The number of aromatic nitrogens is 3. The summed E-state index contributed by atoms with van der Waals surface area (Å²) in [5.41, 5.74) is 10.4. The molecule has 234 valence electrons. The molecule has 4 heterocycles. The third-order valence-electron chi connectivity index (χ3n) is 9.40. The molecule has 10 aromatic rings. The van der Waals surface area contributed by atoms with E-state index in [9.17, 15) is 0 Å². The molecule has 0 aliphatic rings. The maximum absolute atomic E-state index is 6.78. The van der Waals surface area contributed by atoms with Crippen molar-refractivity contribution in [2.75, 3.05) is 0 Å². The lowest BCUT2D eigenvalue weighted by Gasteiger charge is -2.14. The molecule has 0 amide bonds. The number of fused-ring (bicyclic) bond motifs is 6. The highest BCUT2D eigenvalue weighted by molar-refractivity contribution is 7.25. The Balaban J connectivity index is 1.26. The highest BCUT2D eigenvalue weighted by Crippen LogP contribution is 2.46. The highest BCUT2D eigenvalue weighted by atomic mass is 32.1. The summed E-state index contributed by atoms with van der Waals surface area (Å²) in [4.78, 5) is 15.3. The van der Waals surface area contributed by atoms with Gasteiger partial charge in [-0.05, 0) is 54.1 Å². The summed E-state index contributed by atoms with van der Waals surface area (Å²) in [6.07, 6.45) is 1.83. The Morgan fingerprint density at radius 1 is 0.440 bits per heavy atom. The van der Waals surface area contributed by atoms with Crippen LogP contribution in [0, 0.1) is 0 Å². The van der Waals surface area contributed by atoms with Crippen LogP contribution >= 0.6 is 11.3 Å². The Hall–Kier alpha value is -6.43. The van der Waals surface area contributed by atoms with Gasteiger partial charge >= 0.3 is 0 Å². The molecular formula is C45H27N3OS. The summed E-state index contributed by atoms with van der Waals surface area (Å²) >= 11 is 1.82. The molecule has 5 heteroatoms. The molecule has 0 unspecified atom stereocenters. The van der Waals surface area contributed by atoms with E-state index in [1.807, 2.05) is 72.1 Å². The minimum absolute atomic E-state index is 0.638. The Morgan fingerprint density at radius 2 is 1.12 bits per heavy atom. The van der Waals surface area contributed by atoms with Gasteiger partial charge in [0.25, 0.3) is 0 Å². The Morgan fingerprint density at radius 3 is 1.98 bits per heavy atom. The monoisotopic (exact) mass is 657 g/mol. The van der Waals surface area contributed by atoms with E-state index in [4.69, 9.17) is 14.4 Å². The van der Waals surface area contributed by atoms with Gasteiger partial charge in [0, 0.05) is 65.0 Å². The van der Waals surface area contributed by atoms with Gasteiger partial charge in [-0.3, -0.25) is 4.98 Å². The van der Waals surface area contributed by atoms with Crippen molar-refractivity contribution in [3.05, 3.63) is 164 Å². The van der Waals surface area contributed by atoms with Gasteiger partial charge in [-0.15, -0.1) is 11.3 Å². The topological polar surface area (TPSA) is 51.8 Å². The van der Waals surface area contributed by atoms with Gasteiger partial charge in [-0.2, -0.15) is 0 Å². The van der Waals surface area contributed by atoms with Crippen LogP contribution < -0.4 is 0 Å². The molecule has 0 radical (unpaired) electrons. The highest BCUT2D eigenvalue weighted by Gasteiger charge is 2.22. The first-order valence-corrected chi connectivity index (χ1v) is 17.4. The average molecular weight is 658 g/mol. The van der Waals surface area contributed by atoms with Crippen LogP contribution in [-0.4, -0.2) is 15.0 Å². The van der Waals surface area contributed by atoms with Crippen molar-refractivity contribution < 1.29 is 4.42 Å². The number of rotatable bonds is 5. The molecule has 4 nitrogen and oxygen atoms in total. The van der Waals surface area contributed by atoms with Gasteiger partial charge in [-0.1, -0.05) is 109 Å². The molecule has 0 spiro atoms. The van der Waals surface area contributed by atoms with Gasteiger partial charge in [0.15, 0.2) is 5.82 Å². The molecule has 0 aliphatic heterocycles. The van der Waals surface area contributed by atoms with E-state index >= 15 is 0 Å². The molecule has 0 N–H and O–H groups in total. The molecule has 0 aliphatic carbocycles.